The number of amides is 2. The SMILES string of the molecule is CC(C)C1C(=O)NC(C)(C2CC2)C(=O)N1CC(C)C1CC1. The fraction of sp³-hybridized carbons (Fsp3) is 0.882. The molecule has 21 heavy (non-hydrogen) atoms. The lowest BCUT2D eigenvalue weighted by Gasteiger charge is -2.47. The van der Waals surface area contributed by atoms with Gasteiger partial charge in [-0.1, -0.05) is 20.8 Å². The van der Waals surface area contributed by atoms with Gasteiger partial charge in [0.1, 0.15) is 11.6 Å². The average molecular weight is 292 g/mol. The monoisotopic (exact) mass is 292 g/mol. The molecule has 0 aromatic rings. The molecule has 0 radical (unpaired) electrons. The van der Waals surface area contributed by atoms with Crippen LogP contribution < -0.4 is 5.32 Å². The van der Waals surface area contributed by atoms with Crippen LogP contribution in [-0.4, -0.2) is 34.8 Å². The smallest absolute Gasteiger partial charge is 0.249 e. The minimum atomic E-state index is -0.661. The van der Waals surface area contributed by atoms with Crippen molar-refractivity contribution in [3.05, 3.63) is 0 Å². The highest BCUT2D eigenvalue weighted by atomic mass is 16.2. The van der Waals surface area contributed by atoms with Crippen molar-refractivity contribution >= 4 is 11.8 Å². The van der Waals surface area contributed by atoms with Gasteiger partial charge >= 0.3 is 0 Å². The Morgan fingerprint density at radius 2 is 1.81 bits per heavy atom. The summed E-state index contributed by atoms with van der Waals surface area (Å²) in [6.07, 6.45) is 4.67. The summed E-state index contributed by atoms with van der Waals surface area (Å²) in [7, 11) is 0. The third kappa shape index (κ3) is 2.58. The van der Waals surface area contributed by atoms with Crippen molar-refractivity contribution in [3.63, 3.8) is 0 Å². The topological polar surface area (TPSA) is 49.4 Å². The van der Waals surface area contributed by atoms with E-state index in [9.17, 15) is 9.59 Å². The summed E-state index contributed by atoms with van der Waals surface area (Å²) in [5.41, 5.74) is -0.661. The minimum Gasteiger partial charge on any atom is -0.340 e. The van der Waals surface area contributed by atoms with Crippen LogP contribution >= 0.6 is 0 Å². The third-order valence-corrected chi connectivity index (χ3v) is 5.63. The number of hydrogen-bond donors (Lipinski definition) is 1. The predicted octanol–water partition coefficient (Wildman–Crippen LogP) is 2.18. The Hall–Kier alpha value is -1.06. The van der Waals surface area contributed by atoms with Crippen LogP contribution in [0.2, 0.25) is 0 Å². The second kappa shape index (κ2) is 4.99. The molecule has 3 unspecified atom stereocenters. The van der Waals surface area contributed by atoms with Crippen molar-refractivity contribution in [1.29, 1.82) is 0 Å². The van der Waals surface area contributed by atoms with Crippen LogP contribution in [0.3, 0.4) is 0 Å². The highest BCUT2D eigenvalue weighted by Gasteiger charge is 2.56. The molecule has 0 aromatic heterocycles. The predicted molar refractivity (Wildman–Crippen MR) is 81.5 cm³/mol. The maximum Gasteiger partial charge on any atom is 0.249 e. The van der Waals surface area contributed by atoms with Crippen LogP contribution in [-0.2, 0) is 9.59 Å². The zero-order chi connectivity index (χ0) is 15.4. The van der Waals surface area contributed by atoms with Gasteiger partial charge in [-0.2, -0.15) is 0 Å². The van der Waals surface area contributed by atoms with Crippen LogP contribution in [0.4, 0.5) is 0 Å². The number of nitrogens with zero attached hydrogens (tertiary/aromatic N) is 1. The molecule has 4 nitrogen and oxygen atoms in total. The molecular weight excluding hydrogens is 264 g/mol. The van der Waals surface area contributed by atoms with Crippen LogP contribution in [0.25, 0.3) is 0 Å². The van der Waals surface area contributed by atoms with Gasteiger partial charge in [0.25, 0.3) is 0 Å². The van der Waals surface area contributed by atoms with E-state index in [0.717, 1.165) is 25.3 Å². The van der Waals surface area contributed by atoms with Crippen LogP contribution in [0.15, 0.2) is 0 Å². The Morgan fingerprint density at radius 1 is 1.19 bits per heavy atom. The van der Waals surface area contributed by atoms with E-state index in [1.807, 2.05) is 25.7 Å². The summed E-state index contributed by atoms with van der Waals surface area (Å²) in [5.74, 6) is 1.94. The molecule has 1 heterocycles. The van der Waals surface area contributed by atoms with Crippen molar-refractivity contribution in [2.45, 2.75) is 65.0 Å². The Labute approximate surface area is 127 Å². The fourth-order valence-corrected chi connectivity index (χ4v) is 3.87. The highest BCUT2D eigenvalue weighted by molar-refractivity contribution is 6.00. The summed E-state index contributed by atoms with van der Waals surface area (Å²) in [5, 5.41) is 3.05. The van der Waals surface area contributed by atoms with E-state index in [1.165, 1.54) is 12.8 Å². The highest BCUT2D eigenvalue weighted by Crippen LogP contribution is 2.44. The lowest BCUT2D eigenvalue weighted by molar-refractivity contribution is -0.158. The van der Waals surface area contributed by atoms with Crippen LogP contribution in [0.1, 0.15) is 53.4 Å². The first-order valence-electron chi connectivity index (χ1n) is 8.47. The van der Waals surface area contributed by atoms with Gasteiger partial charge in [-0.15, -0.1) is 0 Å². The molecule has 3 fully saturated rings. The molecule has 2 saturated carbocycles. The zero-order valence-corrected chi connectivity index (χ0v) is 13.7. The number of carbonyl (C=O) groups excluding carboxylic acids is 2. The first-order valence-corrected chi connectivity index (χ1v) is 8.47. The Bertz CT molecular complexity index is 454. The van der Waals surface area contributed by atoms with Gasteiger partial charge in [0.15, 0.2) is 0 Å². The van der Waals surface area contributed by atoms with E-state index in [-0.39, 0.29) is 23.8 Å². The summed E-state index contributed by atoms with van der Waals surface area (Å²) in [6, 6.07) is -0.300. The van der Waals surface area contributed by atoms with Crippen LogP contribution in [0.5, 0.6) is 0 Å². The molecule has 0 spiro atoms. The van der Waals surface area contributed by atoms with Crippen LogP contribution in [0, 0.1) is 23.7 Å². The molecule has 2 amide bonds. The molecule has 4 heteroatoms. The third-order valence-electron chi connectivity index (χ3n) is 5.63. The van der Waals surface area contributed by atoms with E-state index in [4.69, 9.17) is 0 Å². The lowest BCUT2D eigenvalue weighted by atomic mass is 9.85. The zero-order valence-electron chi connectivity index (χ0n) is 13.7. The van der Waals surface area contributed by atoms with Gasteiger partial charge in [-0.25, -0.2) is 0 Å². The average Bonchev–Trinajstić information content (AvgIpc) is 3.28. The number of carbonyl (C=O) groups is 2. The second-order valence-corrected chi connectivity index (χ2v) is 7.93. The molecule has 0 bridgehead atoms. The quantitative estimate of drug-likeness (QED) is 0.844. The van der Waals surface area contributed by atoms with Gasteiger partial charge < -0.3 is 10.2 Å². The first-order chi connectivity index (χ1) is 9.84. The summed E-state index contributed by atoms with van der Waals surface area (Å²) >= 11 is 0. The molecule has 1 aliphatic heterocycles. The molecule has 3 aliphatic rings. The standard InChI is InChI=1S/C17H28N2O2/c1-10(2)14-15(20)18-17(4,13-7-8-13)16(21)19(14)9-11(3)12-5-6-12/h10-14H,5-9H2,1-4H3,(H,18,20). The molecule has 3 atom stereocenters. The molecule has 1 saturated heterocycles. The molecule has 3 rings (SSSR count). The summed E-state index contributed by atoms with van der Waals surface area (Å²) < 4.78 is 0. The first kappa shape index (κ1) is 14.9. The molecule has 118 valence electrons. The number of rotatable bonds is 5. The molecule has 0 aromatic carbocycles. The van der Waals surface area contributed by atoms with Gasteiger partial charge in [0.05, 0.1) is 0 Å². The van der Waals surface area contributed by atoms with E-state index in [2.05, 4.69) is 12.2 Å². The Morgan fingerprint density at radius 3 is 2.29 bits per heavy atom. The number of piperazine rings is 1. The largest absolute Gasteiger partial charge is 0.340 e. The maximum atomic E-state index is 13.1. The van der Waals surface area contributed by atoms with Crippen molar-refractivity contribution in [2.24, 2.45) is 23.7 Å². The normalized spacial score (nSPS) is 35.1. The molecule has 1 N–H and O–H groups in total. The van der Waals surface area contributed by atoms with Crippen molar-refractivity contribution in [1.82, 2.24) is 10.2 Å². The van der Waals surface area contributed by atoms with Crippen molar-refractivity contribution < 1.29 is 9.59 Å². The van der Waals surface area contributed by atoms with Gasteiger partial charge in [-0.05, 0) is 56.3 Å². The van der Waals surface area contributed by atoms with Crippen molar-refractivity contribution in [3.8, 4) is 0 Å². The second-order valence-electron chi connectivity index (χ2n) is 7.93. The van der Waals surface area contributed by atoms with E-state index < -0.39 is 5.54 Å². The summed E-state index contributed by atoms with van der Waals surface area (Å²) in [6.45, 7) is 8.96. The van der Waals surface area contributed by atoms with E-state index >= 15 is 0 Å². The summed E-state index contributed by atoms with van der Waals surface area (Å²) in [4.78, 5) is 27.6. The maximum absolute atomic E-state index is 13.1. The molecule has 2 aliphatic carbocycles. The van der Waals surface area contributed by atoms with Gasteiger partial charge in [0, 0.05) is 6.54 Å². The van der Waals surface area contributed by atoms with Gasteiger partial charge in [0.2, 0.25) is 11.8 Å². The number of nitrogens with one attached hydrogen (secondary N) is 1. The van der Waals surface area contributed by atoms with Gasteiger partial charge in [-0.3, -0.25) is 9.59 Å². The lowest BCUT2D eigenvalue weighted by Crippen LogP contribution is -2.71. The molecular formula is C17H28N2O2. The van der Waals surface area contributed by atoms with E-state index in [0.29, 0.717) is 11.8 Å². The number of hydrogen-bond acceptors (Lipinski definition) is 2. The van der Waals surface area contributed by atoms with E-state index in [1.54, 1.807) is 0 Å². The Kier molecular flexibility index (Phi) is 3.53. The van der Waals surface area contributed by atoms with Crippen molar-refractivity contribution in [2.75, 3.05) is 6.54 Å². The minimum absolute atomic E-state index is 0.0435. The fourth-order valence-electron chi connectivity index (χ4n) is 3.87. The Balaban J connectivity index is 1.84.